The second-order valence-electron chi connectivity index (χ2n) is 2.56. The topological polar surface area (TPSA) is 38.3 Å². The van der Waals surface area contributed by atoms with Crippen LogP contribution in [0.25, 0.3) is 6.08 Å². The molecule has 0 unspecified atom stereocenters. The summed E-state index contributed by atoms with van der Waals surface area (Å²) in [4.78, 5) is 15.4. The van der Waals surface area contributed by atoms with Gasteiger partial charge >= 0.3 is 0 Å². The predicted octanol–water partition coefficient (Wildman–Crippen LogP) is 2.14. The standard InChI is InChI=1S/C10H10BrNO2/c1-14-12-10(13)6-5-8-3-2-4-9(11)7-8/h2-7H,1H3,(H,12,13)/b6-5+. The molecule has 0 aromatic heterocycles. The molecule has 0 atom stereocenters. The Morgan fingerprint density at radius 1 is 1.57 bits per heavy atom. The molecule has 0 spiro atoms. The lowest BCUT2D eigenvalue weighted by molar-refractivity contribution is -0.126. The summed E-state index contributed by atoms with van der Waals surface area (Å²) in [5.74, 6) is -0.285. The van der Waals surface area contributed by atoms with E-state index >= 15 is 0 Å². The average Bonchev–Trinajstić information content (AvgIpc) is 2.15. The second kappa shape index (κ2) is 5.57. The Labute approximate surface area is 90.8 Å². The molecular formula is C10H10BrNO2. The summed E-state index contributed by atoms with van der Waals surface area (Å²) < 4.78 is 0.979. The number of hydroxylamine groups is 1. The minimum atomic E-state index is -0.285. The van der Waals surface area contributed by atoms with E-state index in [2.05, 4.69) is 26.2 Å². The van der Waals surface area contributed by atoms with Gasteiger partial charge < -0.3 is 0 Å². The van der Waals surface area contributed by atoms with Gasteiger partial charge in [-0.25, -0.2) is 5.48 Å². The highest BCUT2D eigenvalue weighted by molar-refractivity contribution is 9.10. The second-order valence-corrected chi connectivity index (χ2v) is 3.47. The van der Waals surface area contributed by atoms with Crippen molar-refractivity contribution < 1.29 is 9.63 Å². The van der Waals surface area contributed by atoms with Crippen molar-refractivity contribution in [2.45, 2.75) is 0 Å². The molecular weight excluding hydrogens is 246 g/mol. The highest BCUT2D eigenvalue weighted by atomic mass is 79.9. The van der Waals surface area contributed by atoms with Crippen molar-refractivity contribution >= 4 is 27.9 Å². The first-order valence-electron chi connectivity index (χ1n) is 3.99. The molecule has 14 heavy (non-hydrogen) atoms. The summed E-state index contributed by atoms with van der Waals surface area (Å²) in [6, 6.07) is 7.64. The molecule has 0 saturated carbocycles. The Kier molecular flexibility index (Phi) is 4.35. The predicted molar refractivity (Wildman–Crippen MR) is 58.3 cm³/mol. The molecule has 4 heteroatoms. The van der Waals surface area contributed by atoms with Crippen LogP contribution in [0, 0.1) is 0 Å². The molecule has 0 saturated heterocycles. The first-order valence-corrected chi connectivity index (χ1v) is 4.78. The lowest BCUT2D eigenvalue weighted by Gasteiger charge is -1.96. The number of benzene rings is 1. The van der Waals surface area contributed by atoms with E-state index in [1.54, 1.807) is 6.08 Å². The number of carbonyl (C=O) groups excluding carboxylic acids is 1. The molecule has 0 fully saturated rings. The van der Waals surface area contributed by atoms with Crippen molar-refractivity contribution in [2.24, 2.45) is 0 Å². The van der Waals surface area contributed by atoms with Crippen LogP contribution in [0.15, 0.2) is 34.8 Å². The molecule has 1 aromatic rings. The van der Waals surface area contributed by atoms with Gasteiger partial charge in [0.2, 0.25) is 0 Å². The normalized spacial score (nSPS) is 10.4. The Morgan fingerprint density at radius 3 is 3.00 bits per heavy atom. The van der Waals surface area contributed by atoms with Crippen LogP contribution in [0.5, 0.6) is 0 Å². The van der Waals surface area contributed by atoms with Crippen molar-refractivity contribution in [3.63, 3.8) is 0 Å². The van der Waals surface area contributed by atoms with E-state index < -0.39 is 0 Å². The van der Waals surface area contributed by atoms with Gasteiger partial charge in [-0.15, -0.1) is 0 Å². The molecule has 0 radical (unpaired) electrons. The van der Waals surface area contributed by atoms with Gasteiger partial charge in [0, 0.05) is 10.5 Å². The molecule has 0 bridgehead atoms. The van der Waals surface area contributed by atoms with Gasteiger partial charge in [0.15, 0.2) is 0 Å². The van der Waals surface area contributed by atoms with Crippen LogP contribution < -0.4 is 5.48 Å². The SMILES string of the molecule is CONC(=O)/C=C/c1cccc(Br)c1. The van der Waals surface area contributed by atoms with E-state index in [-0.39, 0.29) is 5.91 Å². The summed E-state index contributed by atoms with van der Waals surface area (Å²) in [6.07, 6.45) is 3.12. The third kappa shape index (κ3) is 3.72. The molecule has 0 aliphatic rings. The van der Waals surface area contributed by atoms with E-state index in [9.17, 15) is 4.79 Å². The summed E-state index contributed by atoms with van der Waals surface area (Å²) >= 11 is 3.34. The first-order chi connectivity index (χ1) is 6.72. The lowest BCUT2D eigenvalue weighted by Crippen LogP contribution is -2.18. The zero-order chi connectivity index (χ0) is 10.4. The van der Waals surface area contributed by atoms with Crippen LogP contribution in [-0.2, 0) is 9.63 Å². The monoisotopic (exact) mass is 255 g/mol. The fourth-order valence-corrected chi connectivity index (χ4v) is 1.33. The first kappa shape index (κ1) is 10.9. The van der Waals surface area contributed by atoms with Crippen molar-refractivity contribution in [3.8, 4) is 0 Å². The highest BCUT2D eigenvalue weighted by Gasteiger charge is 1.92. The van der Waals surface area contributed by atoms with E-state index in [0.29, 0.717) is 0 Å². The van der Waals surface area contributed by atoms with Gasteiger partial charge in [-0.2, -0.15) is 0 Å². The van der Waals surface area contributed by atoms with E-state index in [4.69, 9.17) is 0 Å². The van der Waals surface area contributed by atoms with Gasteiger partial charge in [-0.3, -0.25) is 9.63 Å². The van der Waals surface area contributed by atoms with Gasteiger partial charge in [-0.05, 0) is 23.8 Å². The third-order valence-electron chi connectivity index (χ3n) is 1.48. The van der Waals surface area contributed by atoms with Crippen LogP contribution >= 0.6 is 15.9 Å². The number of amides is 1. The quantitative estimate of drug-likeness (QED) is 0.664. The molecule has 74 valence electrons. The fraction of sp³-hybridized carbons (Fsp3) is 0.100. The summed E-state index contributed by atoms with van der Waals surface area (Å²) in [6.45, 7) is 0. The molecule has 0 heterocycles. The smallest absolute Gasteiger partial charge is 0.267 e. The average molecular weight is 256 g/mol. The summed E-state index contributed by atoms with van der Waals surface area (Å²) in [5, 5.41) is 0. The summed E-state index contributed by atoms with van der Waals surface area (Å²) in [5.41, 5.74) is 3.14. The largest absolute Gasteiger partial charge is 0.277 e. The Morgan fingerprint density at radius 2 is 2.36 bits per heavy atom. The molecule has 0 aliphatic heterocycles. The van der Waals surface area contributed by atoms with Gasteiger partial charge in [0.1, 0.15) is 0 Å². The number of nitrogens with one attached hydrogen (secondary N) is 1. The number of hydrogen-bond donors (Lipinski definition) is 1. The van der Waals surface area contributed by atoms with Gasteiger partial charge in [-0.1, -0.05) is 28.1 Å². The molecule has 3 nitrogen and oxygen atoms in total. The van der Waals surface area contributed by atoms with Crippen molar-refractivity contribution in [1.29, 1.82) is 0 Å². The third-order valence-corrected chi connectivity index (χ3v) is 1.97. The lowest BCUT2D eigenvalue weighted by atomic mass is 10.2. The van der Waals surface area contributed by atoms with E-state index in [0.717, 1.165) is 10.0 Å². The Hall–Kier alpha value is -1.13. The van der Waals surface area contributed by atoms with Crippen molar-refractivity contribution in [2.75, 3.05) is 7.11 Å². The van der Waals surface area contributed by atoms with Crippen LogP contribution in [0.2, 0.25) is 0 Å². The maximum atomic E-state index is 11.0. The maximum Gasteiger partial charge on any atom is 0.267 e. The Bertz CT molecular complexity index is 350. The van der Waals surface area contributed by atoms with Gasteiger partial charge in [0.25, 0.3) is 5.91 Å². The maximum absolute atomic E-state index is 11.0. The molecule has 1 N–H and O–H groups in total. The van der Waals surface area contributed by atoms with E-state index in [1.807, 2.05) is 24.3 Å². The zero-order valence-electron chi connectivity index (χ0n) is 7.66. The van der Waals surface area contributed by atoms with Crippen LogP contribution in [0.1, 0.15) is 5.56 Å². The number of carbonyl (C=O) groups is 1. The fourth-order valence-electron chi connectivity index (χ4n) is 0.917. The number of rotatable bonds is 3. The molecule has 1 amide bonds. The highest BCUT2D eigenvalue weighted by Crippen LogP contribution is 2.12. The number of halogens is 1. The van der Waals surface area contributed by atoms with Crippen LogP contribution in [-0.4, -0.2) is 13.0 Å². The zero-order valence-corrected chi connectivity index (χ0v) is 9.24. The minimum Gasteiger partial charge on any atom is -0.277 e. The Balaban J connectivity index is 2.64. The van der Waals surface area contributed by atoms with Crippen molar-refractivity contribution in [3.05, 3.63) is 40.4 Å². The minimum absolute atomic E-state index is 0.285. The van der Waals surface area contributed by atoms with Crippen molar-refractivity contribution in [1.82, 2.24) is 5.48 Å². The van der Waals surface area contributed by atoms with Gasteiger partial charge in [0.05, 0.1) is 7.11 Å². The molecule has 1 rings (SSSR count). The number of hydrogen-bond acceptors (Lipinski definition) is 2. The molecule has 1 aromatic carbocycles. The summed E-state index contributed by atoms with van der Waals surface area (Å²) in [7, 11) is 1.39. The molecule has 0 aliphatic carbocycles. The van der Waals surface area contributed by atoms with Crippen LogP contribution in [0.3, 0.4) is 0 Å². The van der Waals surface area contributed by atoms with E-state index in [1.165, 1.54) is 13.2 Å². The van der Waals surface area contributed by atoms with Crippen LogP contribution in [0.4, 0.5) is 0 Å².